The highest BCUT2D eigenvalue weighted by Crippen LogP contribution is 2.12. The molecule has 0 heterocycles. The van der Waals surface area contributed by atoms with Crippen molar-refractivity contribution >= 4 is 5.69 Å². The molecule has 0 saturated heterocycles. The van der Waals surface area contributed by atoms with Crippen LogP contribution in [0.15, 0.2) is 24.3 Å². The molecule has 1 aromatic carbocycles. The molecule has 1 rings (SSSR count). The summed E-state index contributed by atoms with van der Waals surface area (Å²) < 4.78 is 0. The molecule has 0 amide bonds. The quantitative estimate of drug-likeness (QED) is 0.451. The maximum absolute atomic E-state index is 10.7. The lowest BCUT2D eigenvalue weighted by molar-refractivity contribution is -0.384. The van der Waals surface area contributed by atoms with E-state index in [-0.39, 0.29) is 10.6 Å². The molecule has 0 aromatic heterocycles. The summed E-state index contributed by atoms with van der Waals surface area (Å²) in [6, 6.07) is 7.81. The number of nitro groups is 1. The molecule has 0 radical (unpaired) electrons. The number of hydrogen-bond acceptors (Lipinski definition) is 4. The van der Waals surface area contributed by atoms with E-state index in [0.29, 0.717) is 18.6 Å². The summed E-state index contributed by atoms with van der Waals surface area (Å²) in [5.41, 5.74) is 1.09. The van der Waals surface area contributed by atoms with Crippen LogP contribution in [0.3, 0.4) is 0 Å². The summed E-state index contributed by atoms with van der Waals surface area (Å²) in [7, 11) is 0. The third-order valence-corrected chi connectivity index (χ3v) is 3.32. The van der Waals surface area contributed by atoms with Gasteiger partial charge in [-0.2, -0.15) is 0 Å². The van der Waals surface area contributed by atoms with Gasteiger partial charge >= 0.3 is 0 Å². The smallest absolute Gasteiger partial charge is 0.269 e. The molecule has 1 aromatic rings. The Balaban J connectivity index is 2.41. The largest absolute Gasteiger partial charge is 0.311 e. The maximum atomic E-state index is 10.7. The van der Waals surface area contributed by atoms with E-state index >= 15 is 0 Å². The fourth-order valence-electron chi connectivity index (χ4n) is 2.33. The van der Waals surface area contributed by atoms with Gasteiger partial charge in [0.25, 0.3) is 5.69 Å². The first kappa shape index (κ1) is 16.6. The minimum Gasteiger partial charge on any atom is -0.311 e. The monoisotopic (exact) mass is 279 g/mol. The highest BCUT2D eigenvalue weighted by molar-refractivity contribution is 5.34. The molecule has 0 unspecified atom stereocenters. The lowest BCUT2D eigenvalue weighted by Gasteiger charge is -2.30. The third-order valence-electron chi connectivity index (χ3n) is 3.32. The Hall–Kier alpha value is -1.46. The summed E-state index contributed by atoms with van der Waals surface area (Å²) in [5.74, 6) is 0. The molecular weight excluding hydrogens is 254 g/mol. The molecule has 5 nitrogen and oxygen atoms in total. The molecule has 20 heavy (non-hydrogen) atoms. The van der Waals surface area contributed by atoms with Gasteiger partial charge < -0.3 is 5.32 Å². The molecule has 5 heteroatoms. The first-order valence-corrected chi connectivity index (χ1v) is 7.11. The van der Waals surface area contributed by atoms with Crippen molar-refractivity contribution in [2.75, 3.05) is 13.1 Å². The number of hydrogen-bond donors (Lipinski definition) is 1. The van der Waals surface area contributed by atoms with Crippen molar-refractivity contribution in [3.63, 3.8) is 0 Å². The van der Waals surface area contributed by atoms with Crippen LogP contribution in [0.25, 0.3) is 0 Å². The molecular formula is C15H25N3O2. The van der Waals surface area contributed by atoms with E-state index in [0.717, 1.165) is 18.7 Å². The number of benzene rings is 1. The van der Waals surface area contributed by atoms with E-state index in [1.54, 1.807) is 12.1 Å². The van der Waals surface area contributed by atoms with Gasteiger partial charge in [-0.25, -0.2) is 0 Å². The van der Waals surface area contributed by atoms with E-state index in [2.05, 4.69) is 37.9 Å². The van der Waals surface area contributed by atoms with Gasteiger partial charge in [-0.15, -0.1) is 0 Å². The van der Waals surface area contributed by atoms with E-state index in [4.69, 9.17) is 0 Å². The van der Waals surface area contributed by atoms with Gasteiger partial charge in [-0.3, -0.25) is 15.0 Å². The number of nitro benzene ring substituents is 1. The van der Waals surface area contributed by atoms with Crippen molar-refractivity contribution < 1.29 is 4.92 Å². The van der Waals surface area contributed by atoms with Crippen LogP contribution in [0.5, 0.6) is 0 Å². The topological polar surface area (TPSA) is 58.4 Å². The number of non-ortho nitro benzene ring substituents is 1. The van der Waals surface area contributed by atoms with Crippen LogP contribution in [-0.4, -0.2) is 35.0 Å². The Morgan fingerprint density at radius 2 is 1.90 bits per heavy atom. The fraction of sp³-hybridized carbons (Fsp3) is 0.600. The lowest BCUT2D eigenvalue weighted by Crippen LogP contribution is -2.41. The zero-order valence-electron chi connectivity index (χ0n) is 12.8. The summed E-state index contributed by atoms with van der Waals surface area (Å²) >= 11 is 0. The van der Waals surface area contributed by atoms with E-state index in [1.807, 2.05) is 6.07 Å². The summed E-state index contributed by atoms with van der Waals surface area (Å²) in [6.45, 7) is 11.3. The average molecular weight is 279 g/mol. The first-order valence-electron chi connectivity index (χ1n) is 7.11. The first-order chi connectivity index (χ1) is 9.41. The second-order valence-corrected chi connectivity index (χ2v) is 5.53. The molecule has 0 bridgehead atoms. The molecule has 112 valence electrons. The Kier molecular flexibility index (Phi) is 6.61. The molecule has 0 atom stereocenters. The van der Waals surface area contributed by atoms with Crippen molar-refractivity contribution in [3.05, 3.63) is 39.9 Å². The van der Waals surface area contributed by atoms with Crippen LogP contribution >= 0.6 is 0 Å². The van der Waals surface area contributed by atoms with E-state index < -0.39 is 0 Å². The van der Waals surface area contributed by atoms with Crippen LogP contribution in [0.4, 0.5) is 5.69 Å². The molecule has 0 aliphatic rings. The van der Waals surface area contributed by atoms with Gasteiger partial charge in [0.2, 0.25) is 0 Å². The minimum absolute atomic E-state index is 0.148. The second kappa shape index (κ2) is 7.97. The molecule has 0 spiro atoms. The molecule has 1 N–H and O–H groups in total. The van der Waals surface area contributed by atoms with Crippen LogP contribution in [0.1, 0.15) is 33.3 Å². The third kappa shape index (κ3) is 5.27. The van der Waals surface area contributed by atoms with E-state index in [9.17, 15) is 10.1 Å². The Morgan fingerprint density at radius 1 is 1.25 bits per heavy atom. The molecule has 0 aliphatic heterocycles. The van der Waals surface area contributed by atoms with Gasteiger partial charge in [-0.05, 0) is 33.3 Å². The van der Waals surface area contributed by atoms with Gasteiger partial charge in [0, 0.05) is 43.9 Å². The average Bonchev–Trinajstić information content (AvgIpc) is 2.37. The zero-order valence-corrected chi connectivity index (χ0v) is 12.8. The van der Waals surface area contributed by atoms with Crippen molar-refractivity contribution in [1.82, 2.24) is 10.2 Å². The second-order valence-electron chi connectivity index (χ2n) is 5.53. The van der Waals surface area contributed by atoms with Gasteiger partial charge in [0.15, 0.2) is 0 Å². The fourth-order valence-corrected chi connectivity index (χ4v) is 2.33. The van der Waals surface area contributed by atoms with Gasteiger partial charge in [0.1, 0.15) is 0 Å². The summed E-state index contributed by atoms with van der Waals surface area (Å²) in [5, 5.41) is 14.0. The SMILES string of the molecule is CC(C)N(CCNCc1cccc([N+](=O)[O-])c1)C(C)C. The predicted molar refractivity (Wildman–Crippen MR) is 81.8 cm³/mol. The zero-order chi connectivity index (χ0) is 15.1. The predicted octanol–water partition coefficient (Wildman–Crippen LogP) is 2.80. The lowest BCUT2D eigenvalue weighted by atomic mass is 10.2. The molecule has 0 fully saturated rings. The molecule has 0 aliphatic carbocycles. The normalized spacial score (nSPS) is 11.6. The Labute approximate surface area is 121 Å². The molecule has 0 saturated carbocycles. The van der Waals surface area contributed by atoms with Crippen LogP contribution in [0.2, 0.25) is 0 Å². The highest BCUT2D eigenvalue weighted by Gasteiger charge is 2.12. The number of rotatable bonds is 8. The van der Waals surface area contributed by atoms with Gasteiger partial charge in [0.05, 0.1) is 4.92 Å². The standard InChI is InChI=1S/C15H25N3O2/c1-12(2)17(13(3)4)9-8-16-11-14-6-5-7-15(10-14)18(19)20/h5-7,10,12-13,16H,8-9,11H2,1-4H3. The Bertz CT molecular complexity index is 425. The van der Waals surface area contributed by atoms with Crippen LogP contribution in [0, 0.1) is 10.1 Å². The van der Waals surface area contributed by atoms with Crippen LogP contribution < -0.4 is 5.32 Å². The van der Waals surface area contributed by atoms with E-state index in [1.165, 1.54) is 6.07 Å². The van der Waals surface area contributed by atoms with Crippen LogP contribution in [-0.2, 0) is 6.54 Å². The summed E-state index contributed by atoms with van der Waals surface area (Å²) in [4.78, 5) is 12.8. The van der Waals surface area contributed by atoms with Crippen molar-refractivity contribution in [2.45, 2.75) is 46.3 Å². The minimum atomic E-state index is -0.358. The highest BCUT2D eigenvalue weighted by atomic mass is 16.6. The number of nitrogens with one attached hydrogen (secondary N) is 1. The van der Waals surface area contributed by atoms with Crippen molar-refractivity contribution in [2.24, 2.45) is 0 Å². The van der Waals surface area contributed by atoms with Gasteiger partial charge in [-0.1, -0.05) is 12.1 Å². The number of nitrogens with zero attached hydrogens (tertiary/aromatic N) is 2. The summed E-state index contributed by atoms with van der Waals surface area (Å²) in [6.07, 6.45) is 0. The Morgan fingerprint density at radius 3 is 2.45 bits per heavy atom. The van der Waals surface area contributed by atoms with Crippen molar-refractivity contribution in [3.8, 4) is 0 Å². The maximum Gasteiger partial charge on any atom is 0.269 e. The van der Waals surface area contributed by atoms with Crippen molar-refractivity contribution in [1.29, 1.82) is 0 Å².